The van der Waals surface area contributed by atoms with Crippen LogP contribution in [0.3, 0.4) is 0 Å². The molecule has 0 aliphatic carbocycles. The number of furan rings is 1. The number of methoxy groups -OCH3 is 1. The van der Waals surface area contributed by atoms with Crippen molar-refractivity contribution in [1.82, 2.24) is 5.32 Å². The molecular weight excluding hydrogens is 480 g/mol. The van der Waals surface area contributed by atoms with Crippen LogP contribution in [0.4, 0.5) is 0 Å². The summed E-state index contributed by atoms with van der Waals surface area (Å²) in [5.41, 5.74) is 2.93. The number of benzene rings is 3. The van der Waals surface area contributed by atoms with Gasteiger partial charge in [0.05, 0.1) is 12.0 Å². The largest absolute Gasteiger partial charge is 0.497 e. The minimum absolute atomic E-state index is 0.0158. The molecule has 0 radical (unpaired) electrons. The second kappa shape index (κ2) is 12.1. The minimum Gasteiger partial charge on any atom is -0.497 e. The van der Waals surface area contributed by atoms with Gasteiger partial charge in [-0.15, -0.1) is 0 Å². The van der Waals surface area contributed by atoms with E-state index in [1.165, 1.54) is 7.11 Å². The molecule has 3 aromatic carbocycles. The van der Waals surface area contributed by atoms with Gasteiger partial charge in [0.25, 0.3) is 5.91 Å². The maximum atomic E-state index is 12.7. The quantitative estimate of drug-likeness (QED) is 0.320. The predicted molar refractivity (Wildman–Crippen MR) is 139 cm³/mol. The van der Waals surface area contributed by atoms with Crippen LogP contribution in [0, 0.1) is 0 Å². The summed E-state index contributed by atoms with van der Waals surface area (Å²) in [5, 5.41) is 18.3. The monoisotopic (exact) mass is 508 g/mol. The summed E-state index contributed by atoms with van der Waals surface area (Å²) in [4.78, 5) is 25.0. The normalized spacial score (nSPS) is 12.2. The van der Waals surface area contributed by atoms with E-state index in [9.17, 15) is 18.9 Å². The number of carboxylic acids is 1. The minimum atomic E-state index is -1.58. The van der Waals surface area contributed by atoms with Crippen molar-refractivity contribution in [2.24, 2.45) is 5.14 Å². The fourth-order valence-corrected chi connectivity index (χ4v) is 4.02. The molecule has 0 aliphatic rings. The average molecular weight is 509 g/mol. The molecule has 36 heavy (non-hydrogen) atoms. The molecule has 0 saturated carbocycles. The van der Waals surface area contributed by atoms with Crippen molar-refractivity contribution in [3.05, 3.63) is 84.1 Å². The third kappa shape index (κ3) is 6.38. The standard InChI is InChI=1S/C25H22N2O6S.C2H6/c1-32-19-9-10-22-18(12-19)14-23(33-22)24(28)27-21(25(29)30)11-15-5-7-16(8-6-15)17-3-2-4-20(13-17)34(26)31;1-2/h2-10,12-14,21H,11,26H2,1H3,(H,27,28)(H,29,30);1-2H3. The molecule has 2 unspecified atom stereocenters. The van der Waals surface area contributed by atoms with Gasteiger partial charge in [-0.2, -0.15) is 0 Å². The molecule has 0 aliphatic heterocycles. The van der Waals surface area contributed by atoms with E-state index in [1.807, 2.05) is 32.0 Å². The molecule has 0 spiro atoms. The van der Waals surface area contributed by atoms with Crippen LogP contribution in [0.15, 0.2) is 82.1 Å². The summed E-state index contributed by atoms with van der Waals surface area (Å²) in [5.74, 6) is -1.14. The third-order valence-corrected chi connectivity index (χ3v) is 6.06. The van der Waals surface area contributed by atoms with Gasteiger partial charge in [-0.1, -0.05) is 50.2 Å². The summed E-state index contributed by atoms with van der Waals surface area (Å²) < 4.78 is 22.3. The van der Waals surface area contributed by atoms with E-state index in [-0.39, 0.29) is 12.2 Å². The van der Waals surface area contributed by atoms with Gasteiger partial charge in [0.2, 0.25) is 0 Å². The number of carbonyl (C=O) groups excluding carboxylic acids is 1. The number of carboxylic acid groups (broad SMARTS) is 1. The molecule has 4 N–H and O–H groups in total. The Kier molecular flexibility index (Phi) is 8.99. The lowest BCUT2D eigenvalue weighted by molar-refractivity contribution is -0.139. The van der Waals surface area contributed by atoms with E-state index >= 15 is 0 Å². The number of rotatable bonds is 8. The molecule has 0 fully saturated rings. The average Bonchev–Trinajstić information content (AvgIpc) is 3.33. The van der Waals surface area contributed by atoms with Crippen molar-refractivity contribution >= 4 is 33.8 Å². The number of nitrogens with two attached hydrogens (primary N) is 1. The van der Waals surface area contributed by atoms with Crippen LogP contribution < -0.4 is 15.2 Å². The molecule has 8 nitrogen and oxygen atoms in total. The van der Waals surface area contributed by atoms with E-state index in [2.05, 4.69) is 5.32 Å². The number of aliphatic carboxylic acids is 1. The maximum absolute atomic E-state index is 12.7. The van der Waals surface area contributed by atoms with Crippen molar-refractivity contribution in [1.29, 1.82) is 0 Å². The van der Waals surface area contributed by atoms with Crippen LogP contribution in [0.1, 0.15) is 30.0 Å². The van der Waals surface area contributed by atoms with E-state index in [1.54, 1.807) is 54.6 Å². The maximum Gasteiger partial charge on any atom is 0.326 e. The van der Waals surface area contributed by atoms with Crippen LogP contribution in [-0.2, 0) is 22.2 Å². The Morgan fingerprint density at radius 2 is 1.75 bits per heavy atom. The Hall–Kier alpha value is -3.95. The van der Waals surface area contributed by atoms with Gasteiger partial charge in [-0.25, -0.2) is 14.1 Å². The topological polar surface area (TPSA) is 132 Å². The van der Waals surface area contributed by atoms with Gasteiger partial charge < -0.3 is 19.6 Å². The SMILES string of the molecule is CC.COc1ccc2oc(C(=O)NC(Cc3ccc(-c4cccc(S(N)=O)c4)cc3)C(=O)O)cc2c1. The van der Waals surface area contributed by atoms with Crippen LogP contribution in [0.2, 0.25) is 0 Å². The van der Waals surface area contributed by atoms with E-state index in [0.29, 0.717) is 21.6 Å². The van der Waals surface area contributed by atoms with Crippen LogP contribution >= 0.6 is 0 Å². The molecule has 1 amide bonds. The highest BCUT2D eigenvalue weighted by Gasteiger charge is 2.23. The zero-order valence-electron chi connectivity index (χ0n) is 20.2. The number of nitrogens with one attached hydrogen (secondary N) is 1. The lowest BCUT2D eigenvalue weighted by Crippen LogP contribution is -2.42. The number of hydrogen-bond donors (Lipinski definition) is 3. The van der Waals surface area contributed by atoms with Gasteiger partial charge >= 0.3 is 5.97 Å². The molecule has 0 bridgehead atoms. The van der Waals surface area contributed by atoms with Crippen LogP contribution in [0.25, 0.3) is 22.1 Å². The van der Waals surface area contributed by atoms with Crippen molar-refractivity contribution in [3.8, 4) is 16.9 Å². The zero-order valence-corrected chi connectivity index (χ0v) is 21.0. The molecule has 188 valence electrons. The summed E-state index contributed by atoms with van der Waals surface area (Å²) >= 11 is 0. The van der Waals surface area contributed by atoms with Gasteiger partial charge in [0.1, 0.15) is 28.4 Å². The first-order valence-corrected chi connectivity index (χ1v) is 12.5. The molecule has 9 heteroatoms. The van der Waals surface area contributed by atoms with Crippen molar-refractivity contribution in [2.75, 3.05) is 7.11 Å². The Bertz CT molecular complexity index is 1380. The fourth-order valence-electron chi connectivity index (χ4n) is 3.56. The third-order valence-electron chi connectivity index (χ3n) is 5.34. The van der Waals surface area contributed by atoms with Crippen molar-refractivity contribution in [2.45, 2.75) is 31.2 Å². The van der Waals surface area contributed by atoms with Gasteiger partial charge in [0.15, 0.2) is 5.76 Å². The fraction of sp³-hybridized carbons (Fsp3) is 0.185. The number of ether oxygens (including phenoxy) is 1. The Morgan fingerprint density at radius 1 is 1.03 bits per heavy atom. The molecule has 4 aromatic rings. The summed E-state index contributed by atoms with van der Waals surface area (Å²) in [6.07, 6.45) is 0.0856. The molecule has 4 rings (SSSR count). The first-order chi connectivity index (χ1) is 17.3. The van der Waals surface area contributed by atoms with Gasteiger partial charge in [-0.05, 0) is 53.1 Å². The first-order valence-electron chi connectivity index (χ1n) is 11.3. The summed E-state index contributed by atoms with van der Waals surface area (Å²) in [7, 11) is -0.0388. The molecule has 0 saturated heterocycles. The molecular formula is C27H28N2O6S. The number of hydrogen-bond acceptors (Lipinski definition) is 5. The highest BCUT2D eigenvalue weighted by Crippen LogP contribution is 2.25. The Balaban J connectivity index is 0.00000176. The number of amides is 1. The highest BCUT2D eigenvalue weighted by atomic mass is 32.2. The van der Waals surface area contributed by atoms with E-state index in [0.717, 1.165) is 16.7 Å². The van der Waals surface area contributed by atoms with Crippen molar-refractivity contribution < 1.29 is 28.1 Å². The number of carbonyl (C=O) groups is 2. The lowest BCUT2D eigenvalue weighted by Gasteiger charge is -2.14. The molecule has 1 heterocycles. The summed E-state index contributed by atoms with van der Waals surface area (Å²) in [6, 6.07) is 19.8. The molecule has 2 atom stereocenters. The Labute approximate surface area is 211 Å². The first kappa shape index (κ1) is 26.7. The van der Waals surface area contributed by atoms with Gasteiger partial charge in [0, 0.05) is 11.8 Å². The van der Waals surface area contributed by atoms with E-state index in [4.69, 9.17) is 14.3 Å². The lowest BCUT2D eigenvalue weighted by atomic mass is 10.0. The van der Waals surface area contributed by atoms with Crippen LogP contribution in [0.5, 0.6) is 5.75 Å². The second-order valence-corrected chi connectivity index (χ2v) is 8.67. The predicted octanol–water partition coefficient (Wildman–Crippen LogP) is 4.54. The summed E-state index contributed by atoms with van der Waals surface area (Å²) in [6.45, 7) is 4.00. The highest BCUT2D eigenvalue weighted by molar-refractivity contribution is 7.82. The zero-order chi connectivity index (χ0) is 26.2. The van der Waals surface area contributed by atoms with Crippen LogP contribution in [-0.4, -0.2) is 34.3 Å². The van der Waals surface area contributed by atoms with Crippen molar-refractivity contribution in [3.63, 3.8) is 0 Å². The Morgan fingerprint density at radius 3 is 2.39 bits per heavy atom. The van der Waals surface area contributed by atoms with E-state index < -0.39 is 28.9 Å². The van der Waals surface area contributed by atoms with Gasteiger partial charge in [-0.3, -0.25) is 4.79 Å². The number of fused-ring (bicyclic) bond motifs is 1. The smallest absolute Gasteiger partial charge is 0.326 e. The molecule has 1 aromatic heterocycles. The second-order valence-electron chi connectivity index (χ2n) is 7.60.